The first-order chi connectivity index (χ1) is 18.1. The van der Waals surface area contributed by atoms with Crippen LogP contribution in [-0.2, 0) is 27.9 Å². The van der Waals surface area contributed by atoms with Crippen molar-refractivity contribution < 1.29 is 17.9 Å². The second kappa shape index (κ2) is 11.7. The lowest BCUT2D eigenvalue weighted by Gasteiger charge is -2.17. The van der Waals surface area contributed by atoms with Gasteiger partial charge in [0.05, 0.1) is 34.9 Å². The van der Waals surface area contributed by atoms with Crippen LogP contribution >= 0.6 is 22.9 Å². The zero-order chi connectivity index (χ0) is 27.4. The topological polar surface area (TPSA) is 128 Å². The van der Waals surface area contributed by atoms with E-state index in [2.05, 4.69) is 15.1 Å². The minimum atomic E-state index is -3.90. The molecule has 12 heteroatoms. The number of ether oxygens (including phenoxy) is 1. The van der Waals surface area contributed by atoms with E-state index in [1.807, 2.05) is 50.2 Å². The molecular weight excluding hydrogens is 546 g/mol. The second-order valence-electron chi connectivity index (χ2n) is 8.97. The van der Waals surface area contributed by atoms with Gasteiger partial charge in [0, 0.05) is 6.54 Å². The first-order valence-electron chi connectivity index (χ1n) is 12.1. The average molecular weight is 576 g/mol. The number of aromatic nitrogens is 2. The number of carbonyl (C=O) groups excluding carboxylic acids is 1. The van der Waals surface area contributed by atoms with Crippen molar-refractivity contribution in [3.8, 4) is 5.75 Å². The van der Waals surface area contributed by atoms with E-state index in [0.29, 0.717) is 34.1 Å². The summed E-state index contributed by atoms with van der Waals surface area (Å²) in [5, 5.41) is 8.05. The van der Waals surface area contributed by atoms with E-state index in [0.717, 1.165) is 28.9 Å². The molecule has 0 unspecified atom stereocenters. The molecule has 38 heavy (non-hydrogen) atoms. The minimum absolute atomic E-state index is 0.0860. The third-order valence-corrected chi connectivity index (χ3v) is 9.42. The molecule has 4 aromatic rings. The Hall–Kier alpha value is -3.12. The number of nitrogens with one attached hydrogen (secondary N) is 2. The van der Waals surface area contributed by atoms with Crippen LogP contribution in [0.3, 0.4) is 0 Å². The number of nitrogens with two attached hydrogens (primary N) is 1. The molecule has 0 saturated carbocycles. The molecule has 2 aromatic heterocycles. The standard InChI is InChI=1S/C26H30ClN5O4S2/c1-4-16(2)24(28)26(33)29-14-17-7-5-8-18(13-17)15-32-19-9-6-10-20(36-3)23(19)25(30-32)31-38(34,35)22-12-11-21(27)37-22/h5-13,16,24H,4,14-15,28H2,1-3H3,(H,29,33)(H,30,31)/t16-,24+/m0/s1. The summed E-state index contributed by atoms with van der Waals surface area (Å²) in [7, 11) is -2.38. The number of hydrogen-bond acceptors (Lipinski definition) is 7. The van der Waals surface area contributed by atoms with Crippen LogP contribution in [0.5, 0.6) is 5.75 Å². The van der Waals surface area contributed by atoms with Gasteiger partial charge in [0.2, 0.25) is 5.91 Å². The van der Waals surface area contributed by atoms with E-state index >= 15 is 0 Å². The fourth-order valence-electron chi connectivity index (χ4n) is 4.01. The summed E-state index contributed by atoms with van der Waals surface area (Å²) in [4.78, 5) is 12.4. The van der Waals surface area contributed by atoms with Crippen molar-refractivity contribution >= 4 is 55.6 Å². The van der Waals surface area contributed by atoms with E-state index in [9.17, 15) is 13.2 Å². The molecule has 202 valence electrons. The number of anilines is 1. The van der Waals surface area contributed by atoms with E-state index in [-0.39, 0.29) is 21.9 Å². The number of nitrogens with zero attached hydrogens (tertiary/aromatic N) is 2. The van der Waals surface area contributed by atoms with Crippen LogP contribution in [0.1, 0.15) is 31.4 Å². The highest BCUT2D eigenvalue weighted by atomic mass is 35.5. The summed E-state index contributed by atoms with van der Waals surface area (Å²) in [5.41, 5.74) is 8.58. The monoisotopic (exact) mass is 575 g/mol. The molecule has 0 aliphatic carbocycles. The van der Waals surface area contributed by atoms with Gasteiger partial charge in [-0.05, 0) is 41.3 Å². The number of halogens is 1. The van der Waals surface area contributed by atoms with Gasteiger partial charge in [-0.3, -0.25) is 14.2 Å². The third-order valence-electron chi connectivity index (χ3n) is 6.35. The largest absolute Gasteiger partial charge is 0.496 e. The van der Waals surface area contributed by atoms with Crippen LogP contribution in [0.4, 0.5) is 5.82 Å². The first-order valence-corrected chi connectivity index (χ1v) is 14.7. The molecule has 9 nitrogen and oxygen atoms in total. The number of thiophene rings is 1. The first kappa shape index (κ1) is 27.9. The van der Waals surface area contributed by atoms with Crippen LogP contribution in [-0.4, -0.2) is 37.3 Å². The average Bonchev–Trinajstić information content (AvgIpc) is 3.50. The number of amides is 1. The van der Waals surface area contributed by atoms with E-state index in [1.54, 1.807) is 10.7 Å². The van der Waals surface area contributed by atoms with Crippen LogP contribution in [0, 0.1) is 5.92 Å². The molecule has 4 rings (SSSR count). The molecule has 0 saturated heterocycles. The molecule has 0 bridgehead atoms. The van der Waals surface area contributed by atoms with Crippen LogP contribution in [0.2, 0.25) is 4.34 Å². The van der Waals surface area contributed by atoms with Crippen molar-refractivity contribution in [1.82, 2.24) is 15.1 Å². The minimum Gasteiger partial charge on any atom is -0.496 e. The number of carbonyl (C=O) groups is 1. The Labute approximate surface area is 231 Å². The van der Waals surface area contributed by atoms with Gasteiger partial charge in [0.15, 0.2) is 5.82 Å². The number of fused-ring (bicyclic) bond motifs is 1. The van der Waals surface area contributed by atoms with E-state index in [4.69, 9.17) is 22.1 Å². The Bertz CT molecular complexity index is 1550. The molecule has 0 radical (unpaired) electrons. The van der Waals surface area contributed by atoms with E-state index < -0.39 is 16.1 Å². The van der Waals surface area contributed by atoms with Gasteiger partial charge in [0.1, 0.15) is 9.96 Å². The van der Waals surface area contributed by atoms with Crippen molar-refractivity contribution in [3.05, 3.63) is 70.1 Å². The highest BCUT2D eigenvalue weighted by Crippen LogP contribution is 2.35. The maximum atomic E-state index is 13.0. The number of hydrogen-bond donors (Lipinski definition) is 3. The molecule has 0 aliphatic rings. The van der Waals surface area contributed by atoms with Crippen LogP contribution < -0.4 is 20.5 Å². The van der Waals surface area contributed by atoms with Gasteiger partial charge in [-0.25, -0.2) is 8.42 Å². The fraction of sp³-hybridized carbons (Fsp3) is 0.308. The second-order valence-corrected chi connectivity index (χ2v) is 12.6. The van der Waals surface area contributed by atoms with Crippen molar-refractivity contribution in [2.45, 2.75) is 43.6 Å². The Kier molecular flexibility index (Phi) is 8.61. The van der Waals surface area contributed by atoms with Gasteiger partial charge >= 0.3 is 0 Å². The smallest absolute Gasteiger partial charge is 0.272 e. The van der Waals surface area contributed by atoms with E-state index in [1.165, 1.54) is 19.2 Å². The van der Waals surface area contributed by atoms with Crippen LogP contribution in [0.15, 0.2) is 58.8 Å². The SMILES string of the molecule is CC[C@H](C)[C@@H](N)C(=O)NCc1cccc(Cn2nc(NS(=O)(=O)c3ccc(Cl)s3)c3c(OC)cccc32)c1. The number of benzene rings is 2. The highest BCUT2D eigenvalue weighted by Gasteiger charge is 2.23. The lowest BCUT2D eigenvalue weighted by atomic mass is 9.99. The number of rotatable bonds is 11. The zero-order valence-electron chi connectivity index (χ0n) is 21.3. The maximum Gasteiger partial charge on any atom is 0.272 e. The Morgan fingerprint density at radius 3 is 2.61 bits per heavy atom. The molecule has 4 N–H and O–H groups in total. The summed E-state index contributed by atoms with van der Waals surface area (Å²) >= 11 is 6.91. The number of methoxy groups -OCH3 is 1. The van der Waals surface area contributed by atoms with Crippen molar-refractivity contribution in [2.75, 3.05) is 11.8 Å². The molecule has 2 heterocycles. The van der Waals surface area contributed by atoms with Crippen molar-refractivity contribution in [1.29, 1.82) is 0 Å². The van der Waals surface area contributed by atoms with Gasteiger partial charge in [-0.1, -0.05) is 62.2 Å². The fourth-order valence-corrected chi connectivity index (χ4v) is 6.50. The summed E-state index contributed by atoms with van der Waals surface area (Å²) < 4.78 is 36.3. The summed E-state index contributed by atoms with van der Waals surface area (Å²) in [5.74, 6) is 0.558. The number of sulfonamides is 1. The quantitative estimate of drug-likeness (QED) is 0.240. The third kappa shape index (κ3) is 6.12. The predicted octanol–water partition coefficient (Wildman–Crippen LogP) is 4.60. The molecule has 0 fully saturated rings. The molecule has 2 aromatic carbocycles. The zero-order valence-corrected chi connectivity index (χ0v) is 23.7. The normalized spacial score (nSPS) is 13.3. The predicted molar refractivity (Wildman–Crippen MR) is 151 cm³/mol. The van der Waals surface area contributed by atoms with Gasteiger partial charge in [-0.2, -0.15) is 5.10 Å². The summed E-state index contributed by atoms with van der Waals surface area (Å²) in [6, 6.07) is 15.6. The van der Waals surface area contributed by atoms with Gasteiger partial charge < -0.3 is 15.8 Å². The van der Waals surface area contributed by atoms with Crippen molar-refractivity contribution in [2.24, 2.45) is 11.7 Å². The molecule has 1 amide bonds. The molecule has 0 spiro atoms. The summed E-state index contributed by atoms with van der Waals surface area (Å²) in [6.07, 6.45) is 0.825. The Morgan fingerprint density at radius 2 is 1.92 bits per heavy atom. The summed E-state index contributed by atoms with van der Waals surface area (Å²) in [6.45, 7) is 4.67. The molecular formula is C26H30ClN5O4S2. The lowest BCUT2D eigenvalue weighted by Crippen LogP contribution is -2.44. The van der Waals surface area contributed by atoms with Gasteiger partial charge in [0.25, 0.3) is 10.0 Å². The molecule has 2 atom stereocenters. The Balaban J connectivity index is 1.60. The van der Waals surface area contributed by atoms with Crippen LogP contribution in [0.25, 0.3) is 10.9 Å². The van der Waals surface area contributed by atoms with Crippen molar-refractivity contribution in [3.63, 3.8) is 0 Å². The lowest BCUT2D eigenvalue weighted by molar-refractivity contribution is -0.123. The molecule has 0 aliphatic heterocycles. The van der Waals surface area contributed by atoms with Gasteiger partial charge in [-0.15, -0.1) is 11.3 Å². The Morgan fingerprint density at radius 1 is 1.18 bits per heavy atom. The maximum absolute atomic E-state index is 13.0. The highest BCUT2D eigenvalue weighted by molar-refractivity contribution is 7.94.